The van der Waals surface area contributed by atoms with Gasteiger partial charge in [-0.05, 0) is 47.1 Å². The Labute approximate surface area is 206 Å². The predicted octanol–water partition coefficient (Wildman–Crippen LogP) is 5.64. The van der Waals surface area contributed by atoms with Crippen LogP contribution < -0.4 is 5.69 Å². The SMILES string of the molecule is CC(C)CCn1cc(C2CCCCC2)n(Cc2ccc(-c3ccccc3-c3nn[nH]n3)cc2)c1=O. The summed E-state index contributed by atoms with van der Waals surface area (Å²) in [5, 5.41) is 14.5. The fraction of sp³-hybridized carbons (Fsp3) is 0.429. The highest BCUT2D eigenvalue weighted by molar-refractivity contribution is 5.80. The Morgan fingerprint density at radius 3 is 2.43 bits per heavy atom. The summed E-state index contributed by atoms with van der Waals surface area (Å²) in [6.07, 6.45) is 9.34. The molecule has 2 heterocycles. The largest absolute Gasteiger partial charge is 0.328 e. The Morgan fingerprint density at radius 2 is 1.74 bits per heavy atom. The number of rotatable bonds is 8. The van der Waals surface area contributed by atoms with Crippen LogP contribution in [0.2, 0.25) is 0 Å². The molecule has 0 unspecified atom stereocenters. The van der Waals surface area contributed by atoms with E-state index in [1.165, 1.54) is 37.8 Å². The summed E-state index contributed by atoms with van der Waals surface area (Å²) in [7, 11) is 0. The topological polar surface area (TPSA) is 81.4 Å². The number of aromatic amines is 1. The lowest BCUT2D eigenvalue weighted by Gasteiger charge is -2.22. The van der Waals surface area contributed by atoms with Crippen molar-refractivity contribution in [3.8, 4) is 22.5 Å². The van der Waals surface area contributed by atoms with Gasteiger partial charge in [-0.25, -0.2) is 4.79 Å². The van der Waals surface area contributed by atoms with Gasteiger partial charge in [0.25, 0.3) is 0 Å². The molecule has 0 spiro atoms. The van der Waals surface area contributed by atoms with E-state index in [2.05, 4.69) is 71.0 Å². The van der Waals surface area contributed by atoms with Crippen molar-refractivity contribution in [2.75, 3.05) is 0 Å². The first-order chi connectivity index (χ1) is 17.1. The Bertz CT molecular complexity index is 1290. The predicted molar refractivity (Wildman–Crippen MR) is 138 cm³/mol. The molecule has 2 aromatic carbocycles. The van der Waals surface area contributed by atoms with Gasteiger partial charge in [0.05, 0.1) is 6.54 Å². The first-order valence-corrected chi connectivity index (χ1v) is 12.8. The number of nitrogens with one attached hydrogen (secondary N) is 1. The second-order valence-corrected chi connectivity index (χ2v) is 10.1. The molecule has 0 radical (unpaired) electrons. The number of tetrazole rings is 1. The van der Waals surface area contributed by atoms with Crippen LogP contribution in [0.3, 0.4) is 0 Å². The third-order valence-corrected chi connectivity index (χ3v) is 7.17. The van der Waals surface area contributed by atoms with Crippen LogP contribution in [0.1, 0.15) is 69.5 Å². The van der Waals surface area contributed by atoms with Crippen LogP contribution in [-0.4, -0.2) is 29.8 Å². The minimum atomic E-state index is 0.123. The second-order valence-electron chi connectivity index (χ2n) is 10.1. The van der Waals surface area contributed by atoms with E-state index in [-0.39, 0.29) is 5.69 Å². The van der Waals surface area contributed by atoms with Crippen LogP contribution in [0.4, 0.5) is 0 Å². The summed E-state index contributed by atoms with van der Waals surface area (Å²) in [6, 6.07) is 16.6. The average molecular weight is 471 g/mol. The lowest BCUT2D eigenvalue weighted by molar-refractivity contribution is 0.425. The van der Waals surface area contributed by atoms with Crippen LogP contribution in [0.5, 0.6) is 0 Å². The standard InChI is InChI=1S/C28H34N6O/c1-20(2)16-17-33-19-26(23-8-4-3-5-9-23)34(28(33)35)18-21-12-14-22(15-13-21)24-10-6-7-11-25(24)27-29-31-32-30-27/h6-7,10-15,19-20,23H,3-5,8-9,16-18H2,1-2H3,(H,29,30,31,32). The normalized spacial score (nSPS) is 14.6. The Kier molecular flexibility index (Phi) is 6.93. The van der Waals surface area contributed by atoms with Crippen molar-refractivity contribution in [2.24, 2.45) is 5.92 Å². The molecule has 1 aliphatic carbocycles. The number of hydrogen-bond acceptors (Lipinski definition) is 4. The van der Waals surface area contributed by atoms with Gasteiger partial charge in [-0.2, -0.15) is 5.21 Å². The highest BCUT2D eigenvalue weighted by Gasteiger charge is 2.22. The third-order valence-electron chi connectivity index (χ3n) is 7.17. The van der Waals surface area contributed by atoms with Crippen molar-refractivity contribution in [3.63, 3.8) is 0 Å². The number of aromatic nitrogens is 6. The number of imidazole rings is 1. The van der Waals surface area contributed by atoms with Crippen molar-refractivity contribution in [1.82, 2.24) is 29.8 Å². The number of aryl methyl sites for hydroxylation is 1. The zero-order valence-corrected chi connectivity index (χ0v) is 20.7. The fourth-order valence-electron chi connectivity index (χ4n) is 5.17. The molecule has 35 heavy (non-hydrogen) atoms. The van der Waals surface area contributed by atoms with Crippen molar-refractivity contribution >= 4 is 0 Å². The van der Waals surface area contributed by atoms with Gasteiger partial charge < -0.3 is 0 Å². The van der Waals surface area contributed by atoms with Crippen molar-refractivity contribution in [2.45, 2.75) is 71.4 Å². The van der Waals surface area contributed by atoms with Gasteiger partial charge in [0.2, 0.25) is 5.82 Å². The number of hydrogen-bond donors (Lipinski definition) is 1. The molecule has 1 aliphatic rings. The summed E-state index contributed by atoms with van der Waals surface area (Å²) in [5.41, 5.74) is 5.55. The van der Waals surface area contributed by atoms with Crippen LogP contribution in [-0.2, 0) is 13.1 Å². The second kappa shape index (κ2) is 10.4. The smallest absolute Gasteiger partial charge is 0.299 e. The van der Waals surface area contributed by atoms with Crippen LogP contribution in [0.25, 0.3) is 22.5 Å². The molecule has 0 saturated heterocycles. The van der Waals surface area contributed by atoms with Crippen molar-refractivity contribution in [3.05, 3.63) is 76.5 Å². The zero-order chi connectivity index (χ0) is 24.2. The van der Waals surface area contributed by atoms with E-state index in [9.17, 15) is 4.79 Å². The first kappa shape index (κ1) is 23.3. The van der Waals surface area contributed by atoms with Gasteiger partial charge in [-0.1, -0.05) is 81.6 Å². The van der Waals surface area contributed by atoms with E-state index in [1.807, 2.05) is 27.3 Å². The lowest BCUT2D eigenvalue weighted by Crippen LogP contribution is -2.26. The van der Waals surface area contributed by atoms with E-state index in [1.54, 1.807) is 0 Å². The molecule has 0 amide bonds. The molecule has 7 heteroatoms. The summed E-state index contributed by atoms with van der Waals surface area (Å²) >= 11 is 0. The Morgan fingerprint density at radius 1 is 1.00 bits per heavy atom. The molecule has 182 valence electrons. The van der Waals surface area contributed by atoms with Gasteiger partial charge >= 0.3 is 5.69 Å². The molecular weight excluding hydrogens is 436 g/mol. The average Bonchev–Trinajstić information content (AvgIpc) is 3.53. The number of nitrogens with zero attached hydrogens (tertiary/aromatic N) is 5. The molecule has 5 rings (SSSR count). The monoisotopic (exact) mass is 470 g/mol. The maximum atomic E-state index is 13.4. The van der Waals surface area contributed by atoms with E-state index in [0.717, 1.165) is 35.2 Å². The highest BCUT2D eigenvalue weighted by atomic mass is 16.1. The quantitative estimate of drug-likeness (QED) is 0.361. The summed E-state index contributed by atoms with van der Waals surface area (Å²) in [4.78, 5) is 13.4. The molecule has 1 fully saturated rings. The lowest BCUT2D eigenvalue weighted by atomic mass is 9.87. The van der Waals surface area contributed by atoms with Crippen molar-refractivity contribution in [1.29, 1.82) is 0 Å². The van der Waals surface area contributed by atoms with Crippen molar-refractivity contribution < 1.29 is 0 Å². The zero-order valence-electron chi connectivity index (χ0n) is 20.7. The van der Waals surface area contributed by atoms with E-state index in [4.69, 9.17) is 0 Å². The first-order valence-electron chi connectivity index (χ1n) is 12.8. The maximum absolute atomic E-state index is 13.4. The molecule has 0 atom stereocenters. The molecule has 1 N–H and O–H groups in total. The van der Waals surface area contributed by atoms with Crippen LogP contribution in [0, 0.1) is 5.92 Å². The maximum Gasteiger partial charge on any atom is 0.328 e. The number of benzene rings is 2. The highest BCUT2D eigenvalue weighted by Crippen LogP contribution is 2.33. The Hall–Kier alpha value is -3.48. The van der Waals surface area contributed by atoms with Crippen LogP contribution >= 0.6 is 0 Å². The van der Waals surface area contributed by atoms with E-state index >= 15 is 0 Å². The van der Waals surface area contributed by atoms with E-state index in [0.29, 0.717) is 24.2 Å². The number of H-pyrrole nitrogens is 1. The summed E-state index contributed by atoms with van der Waals surface area (Å²) < 4.78 is 3.97. The fourth-order valence-corrected chi connectivity index (χ4v) is 5.17. The molecule has 0 bridgehead atoms. The van der Waals surface area contributed by atoms with E-state index < -0.39 is 0 Å². The molecule has 2 aromatic heterocycles. The van der Waals surface area contributed by atoms with Gasteiger partial charge in [0.1, 0.15) is 0 Å². The third kappa shape index (κ3) is 5.14. The minimum absolute atomic E-state index is 0.123. The molecular formula is C28H34N6O. The molecule has 1 saturated carbocycles. The molecule has 7 nitrogen and oxygen atoms in total. The van der Waals surface area contributed by atoms with Gasteiger partial charge in [0.15, 0.2) is 0 Å². The Balaban J connectivity index is 1.43. The van der Waals surface area contributed by atoms with Gasteiger partial charge in [0, 0.05) is 29.9 Å². The molecule has 4 aromatic rings. The summed E-state index contributed by atoms with van der Waals surface area (Å²) in [5.74, 6) is 1.64. The van der Waals surface area contributed by atoms with Gasteiger partial charge in [-0.15, -0.1) is 10.2 Å². The minimum Gasteiger partial charge on any atom is -0.299 e. The molecule has 0 aliphatic heterocycles. The van der Waals surface area contributed by atoms with Crippen LogP contribution in [0.15, 0.2) is 59.5 Å². The van der Waals surface area contributed by atoms with Gasteiger partial charge in [-0.3, -0.25) is 9.13 Å². The summed E-state index contributed by atoms with van der Waals surface area (Å²) in [6.45, 7) is 5.81.